The first-order valence-electron chi connectivity index (χ1n) is 10.3. The number of carbonyl (C=O) groups excluding carboxylic acids is 1. The average Bonchev–Trinajstić information content (AvgIpc) is 2.72. The first kappa shape index (κ1) is 26.3. The van der Waals surface area contributed by atoms with E-state index in [1.165, 1.54) is 0 Å². The fourth-order valence-electron chi connectivity index (χ4n) is 3.12. The van der Waals surface area contributed by atoms with Crippen molar-refractivity contribution < 1.29 is 14.3 Å². The zero-order valence-electron chi connectivity index (χ0n) is 18.5. The van der Waals surface area contributed by atoms with Crippen LogP contribution in [-0.2, 0) is 4.79 Å². The number of methoxy groups -OCH3 is 1. The monoisotopic (exact) mass is 533 g/mol. The summed E-state index contributed by atoms with van der Waals surface area (Å²) in [6, 6.07) is 7.59. The molecule has 8 nitrogen and oxygen atoms in total. The second-order valence-electron chi connectivity index (χ2n) is 7.10. The molecule has 0 aromatic heterocycles. The molecule has 170 valence electrons. The highest BCUT2D eigenvalue weighted by molar-refractivity contribution is 14.0. The van der Waals surface area contributed by atoms with Crippen molar-refractivity contribution in [3.05, 3.63) is 24.3 Å². The van der Waals surface area contributed by atoms with E-state index in [2.05, 4.69) is 20.5 Å². The van der Waals surface area contributed by atoms with Crippen LogP contribution in [0, 0.1) is 0 Å². The van der Waals surface area contributed by atoms with Crippen molar-refractivity contribution >= 4 is 35.8 Å². The number of benzene rings is 1. The third-order valence-electron chi connectivity index (χ3n) is 4.77. The molecule has 0 aliphatic carbocycles. The normalized spacial score (nSPS) is 15.7. The first-order chi connectivity index (χ1) is 14.0. The van der Waals surface area contributed by atoms with Gasteiger partial charge in [0.25, 0.3) is 0 Å². The van der Waals surface area contributed by atoms with Gasteiger partial charge in [0.15, 0.2) is 5.96 Å². The molecule has 1 unspecified atom stereocenters. The van der Waals surface area contributed by atoms with Crippen LogP contribution in [-0.4, -0.2) is 87.2 Å². The number of amides is 1. The van der Waals surface area contributed by atoms with Gasteiger partial charge in [0, 0.05) is 58.8 Å². The summed E-state index contributed by atoms with van der Waals surface area (Å²) in [5.41, 5.74) is 0. The zero-order chi connectivity index (χ0) is 21.1. The Hall–Kier alpha value is -1.75. The minimum absolute atomic E-state index is 0. The second kappa shape index (κ2) is 14.3. The van der Waals surface area contributed by atoms with Crippen LogP contribution in [0.3, 0.4) is 0 Å². The lowest BCUT2D eigenvalue weighted by Crippen LogP contribution is -2.50. The van der Waals surface area contributed by atoms with Crippen LogP contribution in [0.2, 0.25) is 0 Å². The quantitative estimate of drug-likeness (QED) is 0.287. The number of hydrogen-bond donors (Lipinski definition) is 2. The van der Waals surface area contributed by atoms with Gasteiger partial charge in [-0.25, -0.2) is 4.99 Å². The molecular formula is C21H36IN5O3. The summed E-state index contributed by atoms with van der Waals surface area (Å²) in [5, 5.41) is 6.65. The maximum absolute atomic E-state index is 11.4. The molecule has 0 saturated carbocycles. The molecular weight excluding hydrogens is 497 g/mol. The summed E-state index contributed by atoms with van der Waals surface area (Å²) in [6.07, 6.45) is -0.0581. The van der Waals surface area contributed by atoms with Crippen LogP contribution in [0.25, 0.3) is 0 Å². The van der Waals surface area contributed by atoms with Gasteiger partial charge in [-0.15, -0.1) is 24.0 Å². The highest BCUT2D eigenvalue weighted by Gasteiger charge is 2.18. The summed E-state index contributed by atoms with van der Waals surface area (Å²) in [6.45, 7) is 12.2. The van der Waals surface area contributed by atoms with Gasteiger partial charge in [0.2, 0.25) is 5.91 Å². The molecule has 1 aliphatic heterocycles. The smallest absolute Gasteiger partial charge is 0.219 e. The van der Waals surface area contributed by atoms with Crippen molar-refractivity contribution in [2.24, 2.45) is 4.99 Å². The maximum atomic E-state index is 11.4. The van der Waals surface area contributed by atoms with E-state index in [1.807, 2.05) is 43.0 Å². The fourth-order valence-corrected chi connectivity index (χ4v) is 3.12. The van der Waals surface area contributed by atoms with Crippen molar-refractivity contribution in [1.29, 1.82) is 0 Å². The zero-order valence-corrected chi connectivity index (χ0v) is 20.8. The van der Waals surface area contributed by atoms with Crippen molar-refractivity contribution in [3.63, 3.8) is 0 Å². The molecule has 1 heterocycles. The Morgan fingerprint density at radius 2 is 1.90 bits per heavy atom. The number of nitrogens with zero attached hydrogens (tertiary/aromatic N) is 3. The van der Waals surface area contributed by atoms with Gasteiger partial charge in [-0.2, -0.15) is 0 Å². The lowest BCUT2D eigenvalue weighted by Gasteiger charge is -2.34. The summed E-state index contributed by atoms with van der Waals surface area (Å²) in [4.78, 5) is 20.3. The minimum atomic E-state index is -0.0581. The van der Waals surface area contributed by atoms with E-state index in [0.717, 1.165) is 63.3 Å². The number of guanidine groups is 1. The Balaban J connectivity index is 0.00000450. The average molecular weight is 533 g/mol. The largest absolute Gasteiger partial charge is 0.497 e. The molecule has 1 aromatic rings. The van der Waals surface area contributed by atoms with Crippen molar-refractivity contribution in [1.82, 2.24) is 20.4 Å². The Morgan fingerprint density at radius 1 is 1.20 bits per heavy atom. The van der Waals surface area contributed by atoms with Gasteiger partial charge in [-0.3, -0.25) is 9.69 Å². The van der Waals surface area contributed by atoms with Gasteiger partial charge < -0.3 is 25.0 Å². The topological polar surface area (TPSA) is 78.4 Å². The number of aliphatic imine (C=N–C) groups is 1. The third-order valence-corrected chi connectivity index (χ3v) is 4.77. The molecule has 0 spiro atoms. The summed E-state index contributed by atoms with van der Waals surface area (Å²) in [5.74, 6) is 2.50. The molecule has 1 atom stereocenters. The van der Waals surface area contributed by atoms with Gasteiger partial charge in [-0.05, 0) is 26.0 Å². The molecule has 1 amide bonds. The summed E-state index contributed by atoms with van der Waals surface area (Å²) < 4.78 is 11.2. The van der Waals surface area contributed by atoms with Crippen LogP contribution in [0.1, 0.15) is 20.8 Å². The third kappa shape index (κ3) is 9.38. The first-order valence-corrected chi connectivity index (χ1v) is 10.3. The van der Waals surface area contributed by atoms with Gasteiger partial charge in [0.1, 0.15) is 17.6 Å². The highest BCUT2D eigenvalue weighted by Crippen LogP contribution is 2.19. The molecule has 2 rings (SSSR count). The van der Waals surface area contributed by atoms with Gasteiger partial charge in [0.05, 0.1) is 13.7 Å². The molecule has 30 heavy (non-hydrogen) atoms. The number of carbonyl (C=O) groups is 1. The Bertz CT molecular complexity index is 666. The molecule has 9 heteroatoms. The van der Waals surface area contributed by atoms with Crippen LogP contribution in [0.15, 0.2) is 29.3 Å². The van der Waals surface area contributed by atoms with Gasteiger partial charge >= 0.3 is 0 Å². The molecule has 1 fully saturated rings. The molecule has 1 aromatic carbocycles. The van der Waals surface area contributed by atoms with Crippen molar-refractivity contribution in [2.75, 3.05) is 59.5 Å². The Kier molecular flexibility index (Phi) is 12.5. The predicted molar refractivity (Wildman–Crippen MR) is 131 cm³/mol. The number of hydrogen-bond acceptors (Lipinski definition) is 5. The fraction of sp³-hybridized carbons (Fsp3) is 0.619. The lowest BCUT2D eigenvalue weighted by molar-refractivity contribution is -0.130. The standard InChI is InChI=1S/C21H35N5O3.HI/c1-5-22-21(23-9-10-25-11-13-26(14-12-25)18(3)27)24-16-17(2)29-20-8-6-7-19(15-20)28-4;/h6-8,15,17H,5,9-14,16H2,1-4H3,(H2,22,23,24);1H. The van der Waals surface area contributed by atoms with Crippen molar-refractivity contribution in [2.45, 2.75) is 26.9 Å². The second-order valence-corrected chi connectivity index (χ2v) is 7.10. The number of ether oxygens (including phenoxy) is 2. The molecule has 1 saturated heterocycles. The SMILES string of the molecule is CCNC(=NCC(C)Oc1cccc(OC)c1)NCCN1CCN(C(C)=O)CC1.I. The number of halogens is 1. The number of nitrogens with one attached hydrogen (secondary N) is 2. The van der Waals surface area contributed by atoms with E-state index >= 15 is 0 Å². The van der Waals surface area contributed by atoms with E-state index in [9.17, 15) is 4.79 Å². The van der Waals surface area contributed by atoms with E-state index in [1.54, 1.807) is 14.0 Å². The minimum Gasteiger partial charge on any atom is -0.497 e. The highest BCUT2D eigenvalue weighted by atomic mass is 127. The molecule has 0 bridgehead atoms. The molecule has 0 radical (unpaired) electrons. The van der Waals surface area contributed by atoms with E-state index in [-0.39, 0.29) is 36.0 Å². The van der Waals surface area contributed by atoms with Crippen LogP contribution in [0.5, 0.6) is 11.5 Å². The van der Waals surface area contributed by atoms with Crippen LogP contribution < -0.4 is 20.1 Å². The number of piperazine rings is 1. The lowest BCUT2D eigenvalue weighted by atomic mass is 10.3. The van der Waals surface area contributed by atoms with Crippen LogP contribution >= 0.6 is 24.0 Å². The maximum Gasteiger partial charge on any atom is 0.219 e. The van der Waals surface area contributed by atoms with Crippen molar-refractivity contribution in [3.8, 4) is 11.5 Å². The molecule has 2 N–H and O–H groups in total. The number of rotatable bonds is 9. The Morgan fingerprint density at radius 3 is 2.53 bits per heavy atom. The predicted octanol–water partition coefficient (Wildman–Crippen LogP) is 1.80. The van der Waals surface area contributed by atoms with Gasteiger partial charge in [-0.1, -0.05) is 6.07 Å². The van der Waals surface area contributed by atoms with E-state index in [0.29, 0.717) is 6.54 Å². The van der Waals surface area contributed by atoms with E-state index in [4.69, 9.17) is 9.47 Å². The Labute approximate surface area is 197 Å². The van der Waals surface area contributed by atoms with Crippen LogP contribution in [0.4, 0.5) is 0 Å². The summed E-state index contributed by atoms with van der Waals surface area (Å²) >= 11 is 0. The molecule has 1 aliphatic rings. The van der Waals surface area contributed by atoms with E-state index < -0.39 is 0 Å². The summed E-state index contributed by atoms with van der Waals surface area (Å²) in [7, 11) is 1.64.